The van der Waals surface area contributed by atoms with Crippen molar-refractivity contribution in [2.45, 2.75) is 39.7 Å². The lowest BCUT2D eigenvalue weighted by atomic mass is 10.0. The lowest BCUT2D eigenvalue weighted by molar-refractivity contribution is -0.576. The highest BCUT2D eigenvalue weighted by Crippen LogP contribution is 2.40. The first kappa shape index (κ1) is 13.4. The van der Waals surface area contributed by atoms with Gasteiger partial charge in [-0.1, -0.05) is 44.2 Å². The second-order valence-corrected chi connectivity index (χ2v) is 6.48. The molecule has 0 aliphatic carbocycles. The molecule has 2 heterocycles. The highest BCUT2D eigenvalue weighted by molar-refractivity contribution is 5.81. The Kier molecular flexibility index (Phi) is 2.80. The Labute approximate surface area is 130 Å². The fourth-order valence-electron chi connectivity index (χ4n) is 3.19. The van der Waals surface area contributed by atoms with Gasteiger partial charge in [0.25, 0.3) is 0 Å². The van der Waals surface area contributed by atoms with E-state index in [2.05, 4.69) is 73.5 Å². The second-order valence-electron chi connectivity index (χ2n) is 6.48. The summed E-state index contributed by atoms with van der Waals surface area (Å²) in [5.74, 6) is 2.29. The molecule has 0 bridgehead atoms. The number of nitrogens with zero attached hydrogens (tertiary/aromatic N) is 2. The van der Waals surface area contributed by atoms with Gasteiger partial charge < -0.3 is 13.9 Å². The third-order valence-corrected chi connectivity index (χ3v) is 4.28. The van der Waals surface area contributed by atoms with Gasteiger partial charge in [0.15, 0.2) is 0 Å². The summed E-state index contributed by atoms with van der Waals surface area (Å²) in [5.41, 5.74) is 4.57. The van der Waals surface area contributed by atoms with Crippen molar-refractivity contribution in [2.24, 2.45) is 0 Å². The molecule has 0 unspecified atom stereocenters. The summed E-state index contributed by atoms with van der Waals surface area (Å²) in [6.07, 6.45) is 3.51. The first-order chi connectivity index (χ1) is 10.6. The maximum atomic E-state index is 6.28. The molecule has 1 aliphatic heterocycles. The molecule has 0 spiro atoms. The molecule has 3 nitrogen and oxygen atoms in total. The van der Waals surface area contributed by atoms with Crippen LogP contribution in [0.2, 0.25) is 0 Å². The SMILES string of the molecule is CC(C)c1cccc2c1Oc1cccc3c1[n+]-2[c-]n3C(C)C. The van der Waals surface area contributed by atoms with E-state index in [-0.39, 0.29) is 0 Å². The number of hydrogen-bond acceptors (Lipinski definition) is 1. The second kappa shape index (κ2) is 4.60. The summed E-state index contributed by atoms with van der Waals surface area (Å²) < 4.78 is 10.6. The van der Waals surface area contributed by atoms with Crippen molar-refractivity contribution in [2.75, 3.05) is 0 Å². The summed E-state index contributed by atoms with van der Waals surface area (Å²) in [5, 5.41) is 0. The molecule has 1 aliphatic rings. The van der Waals surface area contributed by atoms with Crippen LogP contribution in [0.3, 0.4) is 0 Å². The number of rotatable bonds is 2. The minimum absolute atomic E-state index is 0.355. The van der Waals surface area contributed by atoms with Crippen LogP contribution in [0.1, 0.15) is 45.2 Å². The Hall–Kier alpha value is -2.29. The van der Waals surface area contributed by atoms with Gasteiger partial charge in [-0.05, 0) is 31.4 Å². The Morgan fingerprint density at radius 2 is 1.82 bits per heavy atom. The van der Waals surface area contributed by atoms with Gasteiger partial charge in [0.1, 0.15) is 11.5 Å². The van der Waals surface area contributed by atoms with Gasteiger partial charge in [0.2, 0.25) is 6.33 Å². The van der Waals surface area contributed by atoms with Crippen molar-refractivity contribution < 1.29 is 9.30 Å². The highest BCUT2D eigenvalue weighted by Gasteiger charge is 2.24. The first-order valence-electron chi connectivity index (χ1n) is 7.87. The van der Waals surface area contributed by atoms with Crippen molar-refractivity contribution >= 4 is 11.0 Å². The molecule has 1 aromatic heterocycles. The van der Waals surface area contributed by atoms with Gasteiger partial charge >= 0.3 is 0 Å². The zero-order valence-corrected chi connectivity index (χ0v) is 13.4. The average molecular weight is 292 g/mol. The van der Waals surface area contributed by atoms with E-state index < -0.39 is 0 Å². The minimum atomic E-state index is 0.355. The standard InChI is InChI=1S/C19H20N2O/c1-12(2)14-7-5-9-16-19(14)22-17-10-6-8-15-18(17)21(16)11-20(15)13(3)4/h5-10,12-13H,1-4H3. The van der Waals surface area contributed by atoms with Crippen LogP contribution in [0.4, 0.5) is 0 Å². The van der Waals surface area contributed by atoms with Crippen molar-refractivity contribution in [3.8, 4) is 17.2 Å². The molecule has 0 atom stereocenters. The number of para-hydroxylation sites is 2. The van der Waals surface area contributed by atoms with Crippen molar-refractivity contribution in [1.82, 2.24) is 4.57 Å². The predicted molar refractivity (Wildman–Crippen MR) is 86.9 cm³/mol. The molecule has 0 amide bonds. The third-order valence-electron chi connectivity index (χ3n) is 4.28. The summed E-state index contributed by atoms with van der Waals surface area (Å²) in [6, 6.07) is 12.9. The van der Waals surface area contributed by atoms with E-state index in [0.29, 0.717) is 12.0 Å². The van der Waals surface area contributed by atoms with Crippen LogP contribution < -0.4 is 9.30 Å². The molecule has 0 radical (unpaired) electrons. The Balaban J connectivity index is 2.09. The molecule has 0 saturated carbocycles. The van der Waals surface area contributed by atoms with Crippen LogP contribution in [-0.2, 0) is 0 Å². The lowest BCUT2D eigenvalue weighted by Gasteiger charge is -2.24. The molecular weight excluding hydrogens is 272 g/mol. The fraction of sp³-hybridized carbons (Fsp3) is 0.316. The topological polar surface area (TPSA) is 18.0 Å². The van der Waals surface area contributed by atoms with Crippen LogP contribution in [-0.4, -0.2) is 4.57 Å². The summed E-state index contributed by atoms with van der Waals surface area (Å²) in [7, 11) is 0. The molecule has 4 rings (SSSR count). The van der Waals surface area contributed by atoms with E-state index in [1.807, 2.05) is 6.07 Å². The Bertz CT molecular complexity index is 875. The van der Waals surface area contributed by atoms with Crippen molar-refractivity contribution in [3.05, 3.63) is 48.3 Å². The van der Waals surface area contributed by atoms with Gasteiger partial charge in [-0.2, -0.15) is 0 Å². The number of aromatic nitrogens is 2. The Morgan fingerprint density at radius 1 is 1.05 bits per heavy atom. The van der Waals surface area contributed by atoms with Crippen LogP contribution in [0.25, 0.3) is 16.7 Å². The molecule has 0 N–H and O–H groups in total. The molecule has 2 aromatic carbocycles. The first-order valence-corrected chi connectivity index (χ1v) is 7.87. The highest BCUT2D eigenvalue weighted by atomic mass is 16.5. The fourth-order valence-corrected chi connectivity index (χ4v) is 3.19. The van der Waals surface area contributed by atoms with E-state index in [1.54, 1.807) is 0 Å². The molecule has 3 aromatic rings. The number of benzene rings is 2. The van der Waals surface area contributed by atoms with E-state index >= 15 is 0 Å². The van der Waals surface area contributed by atoms with E-state index in [0.717, 1.165) is 28.2 Å². The quantitative estimate of drug-likeness (QED) is 0.392. The molecule has 0 fully saturated rings. The van der Waals surface area contributed by atoms with E-state index in [9.17, 15) is 0 Å². The van der Waals surface area contributed by atoms with Crippen molar-refractivity contribution in [1.29, 1.82) is 0 Å². The van der Waals surface area contributed by atoms with Crippen LogP contribution in [0.5, 0.6) is 11.5 Å². The van der Waals surface area contributed by atoms with Gasteiger partial charge in [-0.25, -0.2) is 0 Å². The monoisotopic (exact) mass is 292 g/mol. The van der Waals surface area contributed by atoms with Gasteiger partial charge in [-0.15, -0.1) is 0 Å². The van der Waals surface area contributed by atoms with E-state index in [1.165, 1.54) is 5.56 Å². The molecule has 3 heteroatoms. The van der Waals surface area contributed by atoms with Crippen LogP contribution >= 0.6 is 0 Å². The zero-order valence-electron chi connectivity index (χ0n) is 13.4. The number of fused-ring (bicyclic) bond motifs is 2. The number of hydrogen-bond donors (Lipinski definition) is 0. The number of imidazole rings is 1. The average Bonchev–Trinajstić information content (AvgIpc) is 2.89. The van der Waals surface area contributed by atoms with E-state index in [4.69, 9.17) is 4.74 Å². The van der Waals surface area contributed by atoms with Crippen molar-refractivity contribution in [3.63, 3.8) is 0 Å². The zero-order chi connectivity index (χ0) is 15.4. The third kappa shape index (κ3) is 1.71. The molecule has 112 valence electrons. The summed E-state index contributed by atoms with van der Waals surface area (Å²) in [6.45, 7) is 8.75. The maximum Gasteiger partial charge on any atom is 0.244 e. The molecule has 0 saturated heterocycles. The maximum absolute atomic E-state index is 6.28. The molecular formula is C19H20N2O. The number of ether oxygens (including phenoxy) is 1. The van der Waals surface area contributed by atoms with Gasteiger partial charge in [0.05, 0.1) is 22.8 Å². The lowest BCUT2D eigenvalue weighted by Crippen LogP contribution is -2.33. The predicted octanol–water partition coefficient (Wildman–Crippen LogP) is 4.53. The van der Waals surface area contributed by atoms with Gasteiger partial charge in [0, 0.05) is 0 Å². The summed E-state index contributed by atoms with van der Waals surface area (Å²) >= 11 is 0. The largest absolute Gasteiger partial charge is 0.469 e. The minimum Gasteiger partial charge on any atom is -0.469 e. The Morgan fingerprint density at radius 3 is 2.55 bits per heavy atom. The van der Waals surface area contributed by atoms with Gasteiger partial charge in [-0.3, -0.25) is 0 Å². The molecule has 22 heavy (non-hydrogen) atoms. The smallest absolute Gasteiger partial charge is 0.244 e. The normalized spacial score (nSPS) is 12.8. The van der Waals surface area contributed by atoms with Crippen LogP contribution in [0, 0.1) is 6.33 Å². The van der Waals surface area contributed by atoms with Crippen LogP contribution in [0.15, 0.2) is 36.4 Å². The summed E-state index contributed by atoms with van der Waals surface area (Å²) in [4.78, 5) is 0.